The van der Waals surface area contributed by atoms with Crippen molar-refractivity contribution in [2.45, 2.75) is 32.4 Å². The van der Waals surface area contributed by atoms with Crippen LogP contribution in [0.4, 0.5) is 0 Å². The number of carbonyl (C=O) groups excluding carboxylic acids is 1. The Hall–Kier alpha value is -0.650. The lowest BCUT2D eigenvalue weighted by atomic mass is 9.79. The maximum atomic E-state index is 12.3. The van der Waals surface area contributed by atoms with Gasteiger partial charge in [0.05, 0.1) is 19.3 Å². The highest BCUT2D eigenvalue weighted by molar-refractivity contribution is 5.81. The normalized spacial score (nSPS) is 25.9. The minimum absolute atomic E-state index is 0.0569. The van der Waals surface area contributed by atoms with Gasteiger partial charge in [-0.2, -0.15) is 0 Å². The van der Waals surface area contributed by atoms with Gasteiger partial charge in [0.2, 0.25) is 5.91 Å². The van der Waals surface area contributed by atoms with Crippen molar-refractivity contribution in [1.82, 2.24) is 9.80 Å². The zero-order valence-electron chi connectivity index (χ0n) is 11.7. The predicted octanol–water partition coefficient (Wildman–Crippen LogP) is -0.0972. The zero-order chi connectivity index (χ0) is 13.3. The van der Waals surface area contributed by atoms with Crippen LogP contribution in [-0.4, -0.2) is 66.7 Å². The van der Waals surface area contributed by atoms with Crippen molar-refractivity contribution in [3.8, 4) is 0 Å². The number of amides is 1. The molecule has 0 aliphatic carbocycles. The third kappa shape index (κ3) is 2.53. The van der Waals surface area contributed by atoms with E-state index in [1.54, 1.807) is 0 Å². The average molecular weight is 255 g/mol. The molecule has 104 valence electrons. The summed E-state index contributed by atoms with van der Waals surface area (Å²) in [5.41, 5.74) is 6.15. The molecule has 2 fully saturated rings. The van der Waals surface area contributed by atoms with Crippen LogP contribution in [0.3, 0.4) is 0 Å². The minimum atomic E-state index is -0.112. The van der Waals surface area contributed by atoms with Crippen LogP contribution in [0, 0.1) is 5.92 Å². The number of likely N-dealkylation sites (tertiary alicyclic amines) is 1. The molecular formula is C13H25N3O2. The Morgan fingerprint density at radius 3 is 2.28 bits per heavy atom. The maximum absolute atomic E-state index is 12.3. The number of morpholine rings is 1. The number of carbonyl (C=O) groups is 1. The molecule has 2 heterocycles. The molecule has 0 spiro atoms. The van der Waals surface area contributed by atoms with Gasteiger partial charge in [-0.1, -0.05) is 13.8 Å². The third-order valence-corrected chi connectivity index (χ3v) is 4.37. The second-order valence-corrected chi connectivity index (χ2v) is 5.91. The van der Waals surface area contributed by atoms with E-state index in [2.05, 4.69) is 18.7 Å². The number of hydrogen-bond acceptors (Lipinski definition) is 4. The van der Waals surface area contributed by atoms with E-state index in [4.69, 9.17) is 10.5 Å². The van der Waals surface area contributed by atoms with Crippen LogP contribution in [0.2, 0.25) is 0 Å². The van der Waals surface area contributed by atoms with E-state index in [1.165, 1.54) is 0 Å². The predicted molar refractivity (Wildman–Crippen MR) is 70.2 cm³/mol. The Bertz CT molecular complexity index is 307. The molecule has 0 aromatic heterocycles. The Morgan fingerprint density at radius 2 is 1.78 bits per heavy atom. The summed E-state index contributed by atoms with van der Waals surface area (Å²) < 4.78 is 5.27. The number of nitrogens with two attached hydrogens (primary N) is 1. The molecule has 1 amide bonds. The summed E-state index contributed by atoms with van der Waals surface area (Å²) in [5, 5.41) is 0. The fraction of sp³-hybridized carbons (Fsp3) is 0.923. The number of ether oxygens (including phenoxy) is 1. The standard InChI is InChI=1S/C13H25N3O2/c1-10(2)13(14)8-16(9-13)11(3)12(17)15-4-6-18-7-5-15/h10-11H,4-9,14H2,1-3H3. The van der Waals surface area contributed by atoms with Gasteiger partial charge < -0.3 is 15.4 Å². The van der Waals surface area contributed by atoms with Crippen LogP contribution in [0.25, 0.3) is 0 Å². The van der Waals surface area contributed by atoms with E-state index >= 15 is 0 Å². The first-order valence-electron chi connectivity index (χ1n) is 6.83. The van der Waals surface area contributed by atoms with Crippen molar-refractivity contribution < 1.29 is 9.53 Å². The lowest BCUT2D eigenvalue weighted by Gasteiger charge is -2.53. The van der Waals surface area contributed by atoms with E-state index < -0.39 is 0 Å². The van der Waals surface area contributed by atoms with Gasteiger partial charge in [-0.25, -0.2) is 0 Å². The zero-order valence-corrected chi connectivity index (χ0v) is 11.7. The van der Waals surface area contributed by atoms with Gasteiger partial charge in [0, 0.05) is 31.7 Å². The highest BCUT2D eigenvalue weighted by Gasteiger charge is 2.45. The van der Waals surface area contributed by atoms with E-state index in [0.717, 1.165) is 26.2 Å². The van der Waals surface area contributed by atoms with Crippen molar-refractivity contribution in [2.24, 2.45) is 11.7 Å². The second kappa shape index (κ2) is 5.15. The van der Waals surface area contributed by atoms with Crippen LogP contribution >= 0.6 is 0 Å². The lowest BCUT2D eigenvalue weighted by molar-refractivity contribution is -0.144. The summed E-state index contributed by atoms with van der Waals surface area (Å²) in [5.74, 6) is 0.670. The average Bonchev–Trinajstić information content (AvgIpc) is 2.34. The molecule has 2 aliphatic heterocycles. The van der Waals surface area contributed by atoms with E-state index in [1.807, 2.05) is 11.8 Å². The van der Waals surface area contributed by atoms with Gasteiger partial charge in [0.1, 0.15) is 0 Å². The first kappa shape index (κ1) is 13.8. The Morgan fingerprint density at radius 1 is 1.22 bits per heavy atom. The summed E-state index contributed by atoms with van der Waals surface area (Å²) >= 11 is 0. The fourth-order valence-electron chi connectivity index (χ4n) is 2.55. The molecule has 1 atom stereocenters. The summed E-state index contributed by atoms with van der Waals surface area (Å²) in [6, 6.07) is -0.0569. The molecule has 5 heteroatoms. The number of nitrogens with zero attached hydrogens (tertiary/aromatic N) is 2. The van der Waals surface area contributed by atoms with Crippen molar-refractivity contribution in [1.29, 1.82) is 0 Å². The molecule has 2 aliphatic rings. The molecule has 2 N–H and O–H groups in total. The molecule has 2 saturated heterocycles. The molecule has 0 bridgehead atoms. The Kier molecular flexibility index (Phi) is 3.94. The van der Waals surface area contributed by atoms with Crippen LogP contribution in [-0.2, 0) is 9.53 Å². The lowest BCUT2D eigenvalue weighted by Crippen LogP contribution is -2.73. The number of hydrogen-bond donors (Lipinski definition) is 1. The summed E-state index contributed by atoms with van der Waals surface area (Å²) in [6.45, 7) is 10.7. The summed E-state index contributed by atoms with van der Waals surface area (Å²) in [6.07, 6.45) is 0. The van der Waals surface area contributed by atoms with Crippen molar-refractivity contribution in [3.05, 3.63) is 0 Å². The second-order valence-electron chi connectivity index (χ2n) is 5.91. The molecule has 18 heavy (non-hydrogen) atoms. The highest BCUT2D eigenvalue weighted by atomic mass is 16.5. The largest absolute Gasteiger partial charge is 0.378 e. The van der Waals surface area contributed by atoms with Crippen molar-refractivity contribution in [2.75, 3.05) is 39.4 Å². The minimum Gasteiger partial charge on any atom is -0.378 e. The Labute approximate surface area is 109 Å². The SMILES string of the molecule is CC(C(=O)N1CCOCC1)N1CC(N)(C(C)C)C1. The van der Waals surface area contributed by atoms with Gasteiger partial charge >= 0.3 is 0 Å². The summed E-state index contributed by atoms with van der Waals surface area (Å²) in [7, 11) is 0. The fourth-order valence-corrected chi connectivity index (χ4v) is 2.55. The molecule has 0 saturated carbocycles. The molecule has 0 aromatic rings. The van der Waals surface area contributed by atoms with E-state index in [0.29, 0.717) is 19.1 Å². The quantitative estimate of drug-likeness (QED) is 0.765. The molecule has 2 rings (SSSR count). The molecule has 0 radical (unpaired) electrons. The molecule has 1 unspecified atom stereocenters. The van der Waals surface area contributed by atoms with E-state index in [-0.39, 0.29) is 17.5 Å². The van der Waals surface area contributed by atoms with Gasteiger partial charge in [-0.3, -0.25) is 9.69 Å². The van der Waals surface area contributed by atoms with Gasteiger partial charge in [-0.05, 0) is 12.8 Å². The smallest absolute Gasteiger partial charge is 0.239 e. The molecule has 0 aromatic carbocycles. The van der Waals surface area contributed by atoms with Crippen molar-refractivity contribution in [3.63, 3.8) is 0 Å². The topological polar surface area (TPSA) is 58.8 Å². The highest BCUT2D eigenvalue weighted by Crippen LogP contribution is 2.28. The molecular weight excluding hydrogens is 230 g/mol. The summed E-state index contributed by atoms with van der Waals surface area (Å²) in [4.78, 5) is 16.4. The maximum Gasteiger partial charge on any atom is 0.239 e. The molecule has 5 nitrogen and oxygen atoms in total. The van der Waals surface area contributed by atoms with Crippen LogP contribution in [0.1, 0.15) is 20.8 Å². The van der Waals surface area contributed by atoms with Crippen LogP contribution < -0.4 is 5.73 Å². The van der Waals surface area contributed by atoms with Crippen LogP contribution in [0.15, 0.2) is 0 Å². The van der Waals surface area contributed by atoms with Gasteiger partial charge in [0.25, 0.3) is 0 Å². The van der Waals surface area contributed by atoms with Gasteiger partial charge in [0.15, 0.2) is 0 Å². The van der Waals surface area contributed by atoms with Crippen LogP contribution in [0.5, 0.6) is 0 Å². The first-order valence-corrected chi connectivity index (χ1v) is 6.83. The van der Waals surface area contributed by atoms with Gasteiger partial charge in [-0.15, -0.1) is 0 Å². The monoisotopic (exact) mass is 255 g/mol. The number of rotatable bonds is 3. The third-order valence-electron chi connectivity index (χ3n) is 4.37. The van der Waals surface area contributed by atoms with Crippen molar-refractivity contribution >= 4 is 5.91 Å². The Balaban J connectivity index is 1.85. The first-order chi connectivity index (χ1) is 8.44. The van der Waals surface area contributed by atoms with E-state index in [9.17, 15) is 4.79 Å².